The fourth-order valence-corrected chi connectivity index (χ4v) is 8.95. The summed E-state index contributed by atoms with van der Waals surface area (Å²) >= 11 is 0. The number of furan rings is 1. The van der Waals surface area contributed by atoms with Gasteiger partial charge in [-0.15, -0.1) is 0 Å². The van der Waals surface area contributed by atoms with Gasteiger partial charge in [0.1, 0.15) is 11.2 Å². The summed E-state index contributed by atoms with van der Waals surface area (Å²) in [5.74, 6) is 0. The molecule has 0 N–H and O–H groups in total. The molecule has 0 aliphatic heterocycles. The number of anilines is 3. The summed E-state index contributed by atoms with van der Waals surface area (Å²) in [7, 11) is 0. The van der Waals surface area contributed by atoms with Crippen LogP contribution in [0.15, 0.2) is 186 Å². The number of nitrogens with zero attached hydrogens (tertiary/aromatic N) is 2. The Bertz CT molecular complexity index is 3410. The van der Waals surface area contributed by atoms with Gasteiger partial charge < -0.3 is 13.7 Å². The van der Waals surface area contributed by atoms with Crippen LogP contribution in [0.2, 0.25) is 0 Å². The Labute approximate surface area is 304 Å². The van der Waals surface area contributed by atoms with Gasteiger partial charge in [0.05, 0.1) is 16.6 Å². The smallest absolute Gasteiger partial charge is 0.136 e. The third-order valence-corrected chi connectivity index (χ3v) is 11.3. The topological polar surface area (TPSA) is 20.8 Å². The lowest BCUT2D eigenvalue weighted by Gasteiger charge is -2.26. The molecule has 0 aliphatic carbocycles. The van der Waals surface area contributed by atoms with E-state index in [0.29, 0.717) is 0 Å². The van der Waals surface area contributed by atoms with Gasteiger partial charge in [-0.05, 0) is 105 Å². The summed E-state index contributed by atoms with van der Waals surface area (Å²) in [4.78, 5) is 2.33. The van der Waals surface area contributed by atoms with E-state index in [1.54, 1.807) is 0 Å². The van der Waals surface area contributed by atoms with Crippen LogP contribution in [0.3, 0.4) is 0 Å². The van der Waals surface area contributed by atoms with Gasteiger partial charge in [-0.3, -0.25) is 0 Å². The van der Waals surface area contributed by atoms with Gasteiger partial charge in [0.25, 0.3) is 0 Å². The predicted octanol–water partition coefficient (Wildman–Crippen LogP) is 14.2. The fraction of sp³-hybridized carbons (Fsp3) is 0. The molecule has 0 saturated carbocycles. The highest BCUT2D eigenvalue weighted by Crippen LogP contribution is 2.45. The Kier molecular flexibility index (Phi) is 5.77. The molecule has 3 aromatic heterocycles. The molecule has 0 amide bonds. The Morgan fingerprint density at radius 2 is 1.06 bits per heavy atom. The maximum atomic E-state index is 6.65. The zero-order valence-corrected chi connectivity index (χ0v) is 28.6. The third-order valence-electron chi connectivity index (χ3n) is 11.3. The monoisotopic (exact) mass is 674 g/mol. The Hall–Kier alpha value is -7.10. The van der Waals surface area contributed by atoms with Crippen LogP contribution in [0.1, 0.15) is 0 Å². The molecule has 0 fully saturated rings. The molecule has 0 radical (unpaired) electrons. The van der Waals surface area contributed by atoms with Crippen LogP contribution >= 0.6 is 0 Å². The van der Waals surface area contributed by atoms with Crippen LogP contribution in [-0.4, -0.2) is 4.40 Å². The highest BCUT2D eigenvalue weighted by atomic mass is 16.3. The van der Waals surface area contributed by atoms with Crippen molar-refractivity contribution in [2.75, 3.05) is 4.90 Å². The molecular weight excluding hydrogens is 645 g/mol. The van der Waals surface area contributed by atoms with E-state index in [9.17, 15) is 0 Å². The molecule has 9 aromatic carbocycles. The second-order valence-electron chi connectivity index (χ2n) is 14.1. The van der Waals surface area contributed by atoms with Crippen LogP contribution in [0.25, 0.3) is 92.7 Å². The van der Waals surface area contributed by atoms with Gasteiger partial charge in [0, 0.05) is 49.4 Å². The summed E-state index contributed by atoms with van der Waals surface area (Å²) in [6, 6.07) is 65.8. The lowest BCUT2D eigenvalue weighted by atomic mass is 9.97. The number of benzene rings is 9. The second-order valence-corrected chi connectivity index (χ2v) is 14.1. The molecule has 12 aromatic rings. The number of rotatable bonds is 4. The van der Waals surface area contributed by atoms with Gasteiger partial charge in [-0.25, -0.2) is 0 Å². The SMILES string of the molecule is c1ccc(N(c2cccc(-c3ccc4c(c3)oc3ccc5c(ccc6c5c5cccc7c8ccccc8n6c75)c34)c2)c2ccc3ccccc3c2)cc1. The van der Waals surface area contributed by atoms with Gasteiger partial charge in [-0.1, -0.05) is 109 Å². The average molecular weight is 675 g/mol. The van der Waals surface area contributed by atoms with E-state index in [2.05, 4.69) is 191 Å². The van der Waals surface area contributed by atoms with Crippen molar-refractivity contribution in [3.8, 4) is 11.1 Å². The molecule has 12 rings (SSSR count). The standard InChI is InChI=1S/C50H30N2O/c1-2-13-35(14-3-1)51(37-22-20-31-10-4-5-11-32(31)28-37)36-15-8-12-33(29-36)34-21-23-42-47(30-34)53-46-27-25-39-40(49(42)46)24-26-45-48(39)43-18-9-17-41-38-16-6-7-19-44(38)52(45)50(41)43/h1-30H. The van der Waals surface area contributed by atoms with Crippen LogP contribution in [0, 0.1) is 0 Å². The maximum Gasteiger partial charge on any atom is 0.136 e. The van der Waals surface area contributed by atoms with Crippen molar-refractivity contribution in [1.29, 1.82) is 0 Å². The highest BCUT2D eigenvalue weighted by molar-refractivity contribution is 6.32. The number of fused-ring (bicyclic) bond motifs is 13. The molecule has 3 heterocycles. The largest absolute Gasteiger partial charge is 0.456 e. The molecule has 0 saturated heterocycles. The zero-order valence-electron chi connectivity index (χ0n) is 28.6. The van der Waals surface area contributed by atoms with Crippen molar-refractivity contribution in [1.82, 2.24) is 4.40 Å². The second kappa shape index (κ2) is 10.7. The minimum atomic E-state index is 0.893. The average Bonchev–Trinajstić information content (AvgIpc) is 3.88. The van der Waals surface area contributed by atoms with Crippen LogP contribution < -0.4 is 4.90 Å². The van der Waals surface area contributed by atoms with Crippen molar-refractivity contribution >= 4 is 98.6 Å². The van der Waals surface area contributed by atoms with E-state index >= 15 is 0 Å². The number of hydrogen-bond acceptors (Lipinski definition) is 2. The predicted molar refractivity (Wildman–Crippen MR) is 224 cm³/mol. The Morgan fingerprint density at radius 1 is 0.358 bits per heavy atom. The normalized spacial score (nSPS) is 12.2. The fourth-order valence-electron chi connectivity index (χ4n) is 8.95. The molecule has 0 atom stereocenters. The molecule has 3 nitrogen and oxygen atoms in total. The Balaban J connectivity index is 1.01. The van der Waals surface area contributed by atoms with Crippen molar-refractivity contribution < 1.29 is 4.42 Å². The van der Waals surface area contributed by atoms with Crippen LogP contribution in [0.4, 0.5) is 17.1 Å². The number of hydrogen-bond donors (Lipinski definition) is 0. The summed E-state index contributed by atoms with van der Waals surface area (Å²) in [6.45, 7) is 0. The molecule has 0 spiro atoms. The summed E-state index contributed by atoms with van der Waals surface area (Å²) in [6.07, 6.45) is 0. The first-order chi connectivity index (χ1) is 26.3. The minimum absolute atomic E-state index is 0.893. The molecule has 0 aliphatic rings. The zero-order chi connectivity index (χ0) is 34.6. The van der Waals surface area contributed by atoms with Crippen LogP contribution in [-0.2, 0) is 0 Å². The minimum Gasteiger partial charge on any atom is -0.456 e. The summed E-state index contributed by atoms with van der Waals surface area (Å²) < 4.78 is 9.10. The van der Waals surface area contributed by atoms with Gasteiger partial charge in [0.15, 0.2) is 0 Å². The lowest BCUT2D eigenvalue weighted by Crippen LogP contribution is -2.09. The first-order valence-electron chi connectivity index (χ1n) is 18.2. The first-order valence-corrected chi connectivity index (χ1v) is 18.2. The van der Waals surface area contributed by atoms with Gasteiger partial charge in [0.2, 0.25) is 0 Å². The van der Waals surface area contributed by atoms with Gasteiger partial charge >= 0.3 is 0 Å². The first kappa shape index (κ1) is 28.6. The van der Waals surface area contributed by atoms with Gasteiger partial charge in [-0.2, -0.15) is 0 Å². The van der Waals surface area contributed by atoms with E-state index in [4.69, 9.17) is 4.42 Å². The van der Waals surface area contributed by atoms with E-state index in [1.807, 2.05) is 0 Å². The molecular formula is C50H30N2O. The maximum absolute atomic E-state index is 6.65. The lowest BCUT2D eigenvalue weighted by molar-refractivity contribution is 0.669. The summed E-state index contributed by atoms with van der Waals surface area (Å²) in [5.41, 5.74) is 11.2. The highest BCUT2D eigenvalue weighted by Gasteiger charge is 2.21. The van der Waals surface area contributed by atoms with Crippen molar-refractivity contribution in [3.63, 3.8) is 0 Å². The molecule has 3 heteroatoms. The van der Waals surface area contributed by atoms with Crippen LogP contribution in [0.5, 0.6) is 0 Å². The van der Waals surface area contributed by atoms with E-state index in [0.717, 1.165) is 44.7 Å². The molecule has 0 unspecified atom stereocenters. The van der Waals surface area contributed by atoms with Crippen molar-refractivity contribution in [2.45, 2.75) is 0 Å². The van der Waals surface area contributed by atoms with E-state index in [-0.39, 0.29) is 0 Å². The van der Waals surface area contributed by atoms with Crippen molar-refractivity contribution in [3.05, 3.63) is 182 Å². The molecule has 53 heavy (non-hydrogen) atoms. The van der Waals surface area contributed by atoms with Crippen molar-refractivity contribution in [2.24, 2.45) is 0 Å². The number of para-hydroxylation sites is 3. The molecule has 246 valence electrons. The molecule has 0 bridgehead atoms. The Morgan fingerprint density at radius 3 is 2.00 bits per heavy atom. The van der Waals surface area contributed by atoms with E-state index in [1.165, 1.54) is 65.0 Å². The number of aromatic nitrogens is 1. The van der Waals surface area contributed by atoms with E-state index < -0.39 is 0 Å². The quantitative estimate of drug-likeness (QED) is 0.185. The third kappa shape index (κ3) is 4.05. The summed E-state index contributed by atoms with van der Waals surface area (Å²) in [5, 5.41) is 12.4.